The molecule has 7 nitrogen and oxygen atoms in total. The number of benzene rings is 3. The normalized spacial score (nSPS) is 11.4. The van der Waals surface area contributed by atoms with E-state index in [-0.39, 0.29) is 4.90 Å². The van der Waals surface area contributed by atoms with Crippen molar-refractivity contribution in [3.05, 3.63) is 89.0 Å². The van der Waals surface area contributed by atoms with Crippen molar-refractivity contribution in [3.63, 3.8) is 0 Å². The van der Waals surface area contributed by atoms with E-state index in [0.29, 0.717) is 11.4 Å². The number of amides is 1. The highest BCUT2D eigenvalue weighted by atomic mass is 32.2. The number of hydrogen-bond donors (Lipinski definition) is 1. The number of ether oxygens (including phenoxy) is 1. The highest BCUT2D eigenvalue weighted by Gasteiger charge is 2.27. The quantitative estimate of drug-likeness (QED) is 0.403. The van der Waals surface area contributed by atoms with Gasteiger partial charge in [-0.1, -0.05) is 35.9 Å². The van der Waals surface area contributed by atoms with Crippen molar-refractivity contribution in [1.82, 2.24) is 5.43 Å². The summed E-state index contributed by atoms with van der Waals surface area (Å²) in [6.45, 7) is 5.30. The summed E-state index contributed by atoms with van der Waals surface area (Å²) >= 11 is 0. The molecule has 33 heavy (non-hydrogen) atoms. The number of nitrogens with one attached hydrogen (secondary N) is 1. The predicted octanol–water partition coefficient (Wildman–Crippen LogP) is 3.97. The van der Waals surface area contributed by atoms with Gasteiger partial charge in [0.15, 0.2) is 0 Å². The van der Waals surface area contributed by atoms with Crippen LogP contribution in [0.4, 0.5) is 5.69 Å². The Morgan fingerprint density at radius 3 is 2.39 bits per heavy atom. The van der Waals surface area contributed by atoms with E-state index in [1.165, 1.54) is 18.3 Å². The van der Waals surface area contributed by atoms with Gasteiger partial charge in [0.05, 0.1) is 23.9 Å². The van der Waals surface area contributed by atoms with E-state index in [2.05, 4.69) is 10.5 Å². The fourth-order valence-electron chi connectivity index (χ4n) is 3.10. The molecular formula is C25H27N3O4S. The second kappa shape index (κ2) is 10.3. The van der Waals surface area contributed by atoms with Crippen molar-refractivity contribution in [2.75, 3.05) is 18.0 Å². The number of hydrogen-bond acceptors (Lipinski definition) is 5. The standard InChI is InChI=1S/C25H27N3O4S/c1-18-8-12-24(13-9-18)33(30,31)28(22-11-10-19(2)20(3)14-22)17-25(29)27-26-16-21-6-5-7-23(15-21)32-4/h5-16H,17H2,1-4H3,(H,27,29)/b26-16-. The van der Waals surface area contributed by atoms with Gasteiger partial charge in [-0.25, -0.2) is 13.8 Å². The Hall–Kier alpha value is -3.65. The molecule has 3 rings (SSSR count). The first-order valence-electron chi connectivity index (χ1n) is 10.3. The maximum atomic E-state index is 13.4. The van der Waals surface area contributed by atoms with Gasteiger partial charge in [0.2, 0.25) is 0 Å². The number of sulfonamides is 1. The van der Waals surface area contributed by atoms with Crippen LogP contribution in [-0.2, 0) is 14.8 Å². The summed E-state index contributed by atoms with van der Waals surface area (Å²) in [6.07, 6.45) is 1.47. The van der Waals surface area contributed by atoms with Crippen molar-refractivity contribution < 1.29 is 17.9 Å². The van der Waals surface area contributed by atoms with Gasteiger partial charge < -0.3 is 4.74 Å². The third-order valence-electron chi connectivity index (χ3n) is 5.17. The van der Waals surface area contributed by atoms with Gasteiger partial charge in [-0.15, -0.1) is 0 Å². The number of anilines is 1. The molecule has 1 N–H and O–H groups in total. The minimum atomic E-state index is -3.98. The zero-order chi connectivity index (χ0) is 24.0. The number of carbonyl (C=O) groups excluding carboxylic acids is 1. The molecule has 0 spiro atoms. The molecule has 1 amide bonds. The number of aryl methyl sites for hydroxylation is 3. The van der Waals surface area contributed by atoms with Gasteiger partial charge in [0.1, 0.15) is 12.3 Å². The van der Waals surface area contributed by atoms with Gasteiger partial charge in [-0.3, -0.25) is 9.10 Å². The molecule has 0 bridgehead atoms. The van der Waals surface area contributed by atoms with Gasteiger partial charge in [-0.2, -0.15) is 5.10 Å². The molecule has 0 unspecified atom stereocenters. The van der Waals surface area contributed by atoms with Crippen LogP contribution in [0.1, 0.15) is 22.3 Å². The van der Waals surface area contributed by atoms with E-state index in [9.17, 15) is 13.2 Å². The molecule has 0 radical (unpaired) electrons. The molecule has 0 aliphatic heterocycles. The number of nitrogens with zero attached hydrogens (tertiary/aromatic N) is 2. The Bertz CT molecular complexity index is 1270. The average molecular weight is 466 g/mol. The summed E-state index contributed by atoms with van der Waals surface area (Å²) in [7, 11) is -2.41. The van der Waals surface area contributed by atoms with Crippen LogP contribution in [0.25, 0.3) is 0 Å². The van der Waals surface area contributed by atoms with E-state index >= 15 is 0 Å². The first-order chi connectivity index (χ1) is 15.7. The van der Waals surface area contributed by atoms with Crippen LogP contribution in [0.15, 0.2) is 76.7 Å². The lowest BCUT2D eigenvalue weighted by molar-refractivity contribution is -0.119. The molecule has 0 aliphatic carbocycles. The summed E-state index contributed by atoms with van der Waals surface area (Å²) in [5.41, 5.74) is 6.44. The topological polar surface area (TPSA) is 88.1 Å². The minimum absolute atomic E-state index is 0.110. The molecule has 0 aromatic heterocycles. The molecule has 0 saturated carbocycles. The Morgan fingerprint density at radius 1 is 1.00 bits per heavy atom. The summed E-state index contributed by atoms with van der Waals surface area (Å²) in [5.74, 6) is 0.0958. The molecule has 0 saturated heterocycles. The van der Waals surface area contributed by atoms with Crippen LogP contribution in [0.2, 0.25) is 0 Å². The summed E-state index contributed by atoms with van der Waals surface area (Å²) < 4.78 is 33.1. The molecule has 3 aromatic rings. The molecule has 8 heteroatoms. The van der Waals surface area contributed by atoms with Crippen molar-refractivity contribution >= 4 is 27.8 Å². The van der Waals surface area contributed by atoms with E-state index in [1.807, 2.05) is 26.8 Å². The highest BCUT2D eigenvalue weighted by Crippen LogP contribution is 2.26. The van der Waals surface area contributed by atoms with Crippen LogP contribution in [-0.4, -0.2) is 34.2 Å². The van der Waals surface area contributed by atoms with Crippen LogP contribution >= 0.6 is 0 Å². The van der Waals surface area contributed by atoms with Gasteiger partial charge in [-0.05, 0) is 73.9 Å². The second-order valence-electron chi connectivity index (χ2n) is 7.66. The van der Waals surface area contributed by atoms with E-state index in [0.717, 1.165) is 26.6 Å². The molecular weight excluding hydrogens is 438 g/mol. The largest absolute Gasteiger partial charge is 0.497 e. The Labute approximate surface area is 194 Å². The fourth-order valence-corrected chi connectivity index (χ4v) is 4.51. The van der Waals surface area contributed by atoms with E-state index in [4.69, 9.17) is 4.74 Å². The summed E-state index contributed by atoms with van der Waals surface area (Å²) in [5, 5.41) is 3.96. The van der Waals surface area contributed by atoms with Crippen LogP contribution in [0.3, 0.4) is 0 Å². The van der Waals surface area contributed by atoms with Crippen LogP contribution in [0, 0.1) is 20.8 Å². The Balaban J connectivity index is 1.86. The van der Waals surface area contributed by atoms with Crippen LogP contribution < -0.4 is 14.5 Å². The third-order valence-corrected chi connectivity index (χ3v) is 6.96. The maximum Gasteiger partial charge on any atom is 0.264 e. The van der Waals surface area contributed by atoms with E-state index < -0.39 is 22.5 Å². The first-order valence-corrected chi connectivity index (χ1v) is 11.8. The molecule has 0 atom stereocenters. The molecule has 3 aromatic carbocycles. The van der Waals surface area contributed by atoms with E-state index in [1.54, 1.807) is 55.6 Å². The van der Waals surface area contributed by atoms with Crippen molar-refractivity contribution in [3.8, 4) is 5.75 Å². The summed E-state index contributed by atoms with van der Waals surface area (Å²) in [6, 6.07) is 19.0. The third kappa shape index (κ3) is 5.98. The predicted molar refractivity (Wildman–Crippen MR) is 130 cm³/mol. The summed E-state index contributed by atoms with van der Waals surface area (Å²) in [4.78, 5) is 12.8. The number of carbonyl (C=O) groups is 1. The fraction of sp³-hybridized carbons (Fsp3) is 0.200. The van der Waals surface area contributed by atoms with Crippen LogP contribution in [0.5, 0.6) is 5.75 Å². The molecule has 0 aliphatic rings. The SMILES string of the molecule is COc1cccc(/C=N\NC(=O)CN(c2ccc(C)c(C)c2)S(=O)(=O)c2ccc(C)cc2)c1. The molecule has 0 heterocycles. The van der Waals surface area contributed by atoms with Crippen molar-refractivity contribution in [2.45, 2.75) is 25.7 Å². The first kappa shape index (κ1) is 24.0. The lowest BCUT2D eigenvalue weighted by Crippen LogP contribution is -2.39. The lowest BCUT2D eigenvalue weighted by Gasteiger charge is -2.24. The number of methoxy groups -OCH3 is 1. The zero-order valence-electron chi connectivity index (χ0n) is 19.1. The number of rotatable bonds is 8. The Kier molecular flexibility index (Phi) is 7.50. The van der Waals surface area contributed by atoms with Crippen molar-refractivity contribution in [2.24, 2.45) is 5.10 Å². The molecule has 0 fully saturated rings. The van der Waals surface area contributed by atoms with Gasteiger partial charge in [0, 0.05) is 0 Å². The smallest absolute Gasteiger partial charge is 0.264 e. The average Bonchev–Trinajstić information content (AvgIpc) is 2.80. The highest BCUT2D eigenvalue weighted by molar-refractivity contribution is 7.92. The Morgan fingerprint density at radius 2 is 1.73 bits per heavy atom. The zero-order valence-corrected chi connectivity index (χ0v) is 19.9. The minimum Gasteiger partial charge on any atom is -0.497 e. The monoisotopic (exact) mass is 465 g/mol. The lowest BCUT2D eigenvalue weighted by atomic mass is 10.1. The second-order valence-corrected chi connectivity index (χ2v) is 9.53. The van der Waals surface area contributed by atoms with Gasteiger partial charge in [0.25, 0.3) is 15.9 Å². The molecule has 172 valence electrons. The number of hydrazone groups is 1. The van der Waals surface area contributed by atoms with Gasteiger partial charge >= 0.3 is 0 Å². The van der Waals surface area contributed by atoms with Crippen molar-refractivity contribution in [1.29, 1.82) is 0 Å². The maximum absolute atomic E-state index is 13.4.